The fourth-order valence-corrected chi connectivity index (χ4v) is 4.02. The van der Waals surface area contributed by atoms with Gasteiger partial charge in [0.05, 0.1) is 19.9 Å². The van der Waals surface area contributed by atoms with Crippen molar-refractivity contribution in [1.29, 1.82) is 0 Å². The number of amides is 1. The second kappa shape index (κ2) is 9.47. The van der Waals surface area contributed by atoms with E-state index in [1.807, 2.05) is 29.2 Å². The molecule has 0 aliphatic carbocycles. The number of aromatic amines is 1. The van der Waals surface area contributed by atoms with E-state index in [1.54, 1.807) is 14.2 Å². The molecule has 8 nitrogen and oxygen atoms in total. The largest absolute Gasteiger partial charge is 0.493 e. The lowest BCUT2D eigenvalue weighted by Crippen LogP contribution is -2.49. The van der Waals surface area contributed by atoms with Crippen molar-refractivity contribution in [3.05, 3.63) is 30.0 Å². The molecule has 0 spiro atoms. The van der Waals surface area contributed by atoms with Crippen molar-refractivity contribution in [2.45, 2.75) is 12.5 Å². The van der Waals surface area contributed by atoms with Crippen molar-refractivity contribution in [3.8, 4) is 22.8 Å². The van der Waals surface area contributed by atoms with Gasteiger partial charge in [0.1, 0.15) is 5.69 Å². The maximum atomic E-state index is 12.9. The first kappa shape index (κ1) is 21.4. The van der Waals surface area contributed by atoms with Crippen molar-refractivity contribution in [3.63, 3.8) is 0 Å². The van der Waals surface area contributed by atoms with Crippen LogP contribution in [0.1, 0.15) is 16.9 Å². The van der Waals surface area contributed by atoms with Crippen LogP contribution in [-0.2, 0) is 0 Å². The van der Waals surface area contributed by atoms with Crippen LogP contribution in [0.5, 0.6) is 11.5 Å². The Hall–Kier alpha value is -2.29. The number of benzene rings is 1. The van der Waals surface area contributed by atoms with Crippen LogP contribution in [0.15, 0.2) is 24.3 Å². The molecule has 1 aromatic carbocycles. The van der Waals surface area contributed by atoms with Gasteiger partial charge < -0.3 is 19.7 Å². The van der Waals surface area contributed by atoms with E-state index < -0.39 is 0 Å². The smallest absolute Gasteiger partial charge is 0.271 e. The first-order valence-corrected chi connectivity index (χ1v) is 9.71. The summed E-state index contributed by atoms with van der Waals surface area (Å²) in [5, 5.41) is 10.6. The van der Waals surface area contributed by atoms with Crippen LogP contribution in [0, 0.1) is 0 Å². The zero-order chi connectivity index (χ0) is 19.5. The molecule has 0 bridgehead atoms. The van der Waals surface area contributed by atoms with Crippen LogP contribution < -0.4 is 14.8 Å². The second-order valence-corrected chi connectivity index (χ2v) is 7.22. The number of carbonyl (C=O) groups is 1. The van der Waals surface area contributed by atoms with Crippen LogP contribution in [0.4, 0.5) is 0 Å². The Morgan fingerprint density at radius 3 is 2.59 bits per heavy atom. The van der Waals surface area contributed by atoms with Gasteiger partial charge in [0.25, 0.3) is 5.91 Å². The number of ether oxygens (including phenoxy) is 2. The zero-order valence-corrected chi connectivity index (χ0v) is 17.6. The molecule has 2 aliphatic heterocycles. The summed E-state index contributed by atoms with van der Waals surface area (Å²) in [5.41, 5.74) is 2.10. The summed E-state index contributed by atoms with van der Waals surface area (Å²) < 4.78 is 10.6. The number of likely N-dealkylation sites (tertiary alicyclic amines) is 1. The van der Waals surface area contributed by atoms with Gasteiger partial charge in [-0.3, -0.25) is 14.8 Å². The molecule has 9 heteroatoms. The number of hydrogen-bond donors (Lipinski definition) is 2. The van der Waals surface area contributed by atoms with Gasteiger partial charge in [-0.15, -0.1) is 12.4 Å². The van der Waals surface area contributed by atoms with Gasteiger partial charge in [-0.2, -0.15) is 5.10 Å². The summed E-state index contributed by atoms with van der Waals surface area (Å²) in [5.74, 6) is 1.31. The number of nitrogens with zero attached hydrogens (tertiary/aromatic N) is 3. The lowest BCUT2D eigenvalue weighted by Gasteiger charge is -2.32. The number of aromatic nitrogens is 2. The molecule has 2 N–H and O–H groups in total. The summed E-state index contributed by atoms with van der Waals surface area (Å²) in [6, 6.07) is 7.87. The van der Waals surface area contributed by atoms with Gasteiger partial charge in [-0.1, -0.05) is 0 Å². The maximum Gasteiger partial charge on any atom is 0.271 e. The van der Waals surface area contributed by atoms with Crippen LogP contribution in [0.3, 0.4) is 0 Å². The summed E-state index contributed by atoms with van der Waals surface area (Å²) in [6.07, 6.45) is 1.03. The number of carbonyl (C=O) groups excluding carboxylic acids is 1. The second-order valence-electron chi connectivity index (χ2n) is 7.22. The molecule has 1 unspecified atom stereocenters. The number of H-pyrrole nitrogens is 1. The predicted molar refractivity (Wildman–Crippen MR) is 113 cm³/mol. The third kappa shape index (κ3) is 4.49. The Morgan fingerprint density at radius 1 is 1.10 bits per heavy atom. The van der Waals surface area contributed by atoms with Crippen LogP contribution in [0.2, 0.25) is 0 Å². The number of hydrogen-bond acceptors (Lipinski definition) is 6. The highest BCUT2D eigenvalue weighted by Gasteiger charge is 2.32. The lowest BCUT2D eigenvalue weighted by molar-refractivity contribution is 0.0767. The Bertz CT molecular complexity index is 837. The van der Waals surface area contributed by atoms with Gasteiger partial charge in [0.15, 0.2) is 11.5 Å². The molecule has 3 heterocycles. The van der Waals surface area contributed by atoms with E-state index in [0.29, 0.717) is 28.9 Å². The minimum atomic E-state index is 0. The van der Waals surface area contributed by atoms with Crippen LogP contribution in [-0.4, -0.2) is 85.4 Å². The molecule has 4 rings (SSSR count). The van der Waals surface area contributed by atoms with Crippen LogP contribution in [0.25, 0.3) is 11.3 Å². The molecular weight excluding hydrogens is 394 g/mol. The van der Waals surface area contributed by atoms with E-state index in [4.69, 9.17) is 9.47 Å². The van der Waals surface area contributed by atoms with Gasteiger partial charge >= 0.3 is 0 Å². The van der Waals surface area contributed by atoms with E-state index in [1.165, 1.54) is 0 Å². The average Bonchev–Trinajstić information content (AvgIpc) is 3.43. The fraction of sp³-hybridized carbons (Fsp3) is 0.500. The summed E-state index contributed by atoms with van der Waals surface area (Å²) in [7, 11) is 3.20. The number of nitrogens with one attached hydrogen (secondary N) is 2. The molecule has 2 fully saturated rings. The summed E-state index contributed by atoms with van der Waals surface area (Å²) in [6.45, 7) is 5.74. The highest BCUT2D eigenvalue weighted by atomic mass is 35.5. The number of halogens is 1. The molecule has 0 radical (unpaired) electrons. The molecular formula is C20H28ClN5O3. The quantitative estimate of drug-likeness (QED) is 0.763. The summed E-state index contributed by atoms with van der Waals surface area (Å²) >= 11 is 0. The molecule has 1 atom stereocenters. The van der Waals surface area contributed by atoms with Crippen molar-refractivity contribution >= 4 is 18.3 Å². The molecule has 0 saturated carbocycles. The van der Waals surface area contributed by atoms with E-state index in [2.05, 4.69) is 20.4 Å². The van der Waals surface area contributed by atoms with Crippen molar-refractivity contribution < 1.29 is 14.3 Å². The third-order valence-corrected chi connectivity index (χ3v) is 5.61. The molecule has 2 saturated heterocycles. The minimum Gasteiger partial charge on any atom is -0.493 e. The SMILES string of the molecule is COc1ccc(-c2cc(C(=O)N3CCC(N4CCNCC4)C3)[nH]n2)cc1OC.Cl. The highest BCUT2D eigenvalue weighted by Crippen LogP contribution is 2.32. The Balaban J connectivity index is 0.00000240. The van der Waals surface area contributed by atoms with Gasteiger partial charge in [-0.05, 0) is 30.7 Å². The predicted octanol–water partition coefficient (Wildman–Crippen LogP) is 1.64. The Morgan fingerprint density at radius 2 is 1.86 bits per heavy atom. The van der Waals surface area contributed by atoms with Crippen LogP contribution >= 0.6 is 12.4 Å². The van der Waals surface area contributed by atoms with Crippen molar-refractivity contribution in [1.82, 2.24) is 25.3 Å². The lowest BCUT2D eigenvalue weighted by atomic mass is 10.1. The molecule has 2 aromatic rings. The highest BCUT2D eigenvalue weighted by molar-refractivity contribution is 5.93. The fourth-order valence-electron chi connectivity index (χ4n) is 4.02. The third-order valence-electron chi connectivity index (χ3n) is 5.61. The van der Waals surface area contributed by atoms with Gasteiger partial charge in [-0.25, -0.2) is 0 Å². The average molecular weight is 422 g/mol. The Labute approximate surface area is 176 Å². The Kier molecular flexibility index (Phi) is 7.00. The number of piperazine rings is 1. The monoisotopic (exact) mass is 421 g/mol. The van der Waals surface area contributed by atoms with E-state index in [9.17, 15) is 4.79 Å². The standard InChI is InChI=1S/C20H27N5O3.ClH/c1-27-18-4-3-14(11-19(18)28-2)16-12-17(23-22-16)20(26)25-8-5-15(13-25)24-9-6-21-7-10-24;/h3-4,11-12,15,21H,5-10,13H2,1-2H3,(H,22,23);1H. The van der Waals surface area contributed by atoms with Crippen molar-refractivity contribution in [2.24, 2.45) is 0 Å². The first-order valence-electron chi connectivity index (χ1n) is 9.71. The van der Waals surface area contributed by atoms with E-state index in [-0.39, 0.29) is 18.3 Å². The van der Waals surface area contributed by atoms with E-state index in [0.717, 1.165) is 51.3 Å². The summed E-state index contributed by atoms with van der Waals surface area (Å²) in [4.78, 5) is 17.3. The molecule has 1 aromatic heterocycles. The van der Waals surface area contributed by atoms with E-state index >= 15 is 0 Å². The number of rotatable bonds is 5. The molecule has 2 aliphatic rings. The first-order chi connectivity index (χ1) is 13.7. The minimum absolute atomic E-state index is 0. The molecule has 29 heavy (non-hydrogen) atoms. The number of methoxy groups -OCH3 is 2. The van der Waals surface area contributed by atoms with Gasteiger partial charge in [0.2, 0.25) is 0 Å². The maximum absolute atomic E-state index is 12.9. The van der Waals surface area contributed by atoms with Gasteiger partial charge in [0, 0.05) is 50.9 Å². The zero-order valence-electron chi connectivity index (χ0n) is 16.8. The normalized spacial score (nSPS) is 19.7. The molecule has 1 amide bonds. The van der Waals surface area contributed by atoms with Crippen molar-refractivity contribution in [2.75, 3.05) is 53.5 Å². The molecule has 158 valence electrons. The topological polar surface area (TPSA) is 82.7 Å².